The molecule has 33 heavy (non-hydrogen) atoms. The Morgan fingerprint density at radius 3 is 2.33 bits per heavy atom. The minimum absolute atomic E-state index is 0.0905. The Morgan fingerprint density at radius 1 is 1.00 bits per heavy atom. The molecule has 0 bridgehead atoms. The van der Waals surface area contributed by atoms with Crippen LogP contribution in [0.5, 0.6) is 0 Å². The maximum absolute atomic E-state index is 12.4. The van der Waals surface area contributed by atoms with Gasteiger partial charge in [0, 0.05) is 16.8 Å². The molecule has 0 saturated heterocycles. The van der Waals surface area contributed by atoms with Gasteiger partial charge in [0.2, 0.25) is 5.89 Å². The number of nitrogens with one attached hydrogen (secondary N) is 2. The highest BCUT2D eigenvalue weighted by Crippen LogP contribution is 2.29. The van der Waals surface area contributed by atoms with E-state index in [1.807, 2.05) is 42.5 Å². The monoisotopic (exact) mass is 457 g/mol. The highest BCUT2D eigenvalue weighted by atomic mass is 32.1. The number of aromatic nitrogens is 1. The zero-order chi connectivity index (χ0) is 23.6. The topological polar surface area (TPSA) is 67.2 Å². The van der Waals surface area contributed by atoms with Crippen LogP contribution in [0.2, 0.25) is 0 Å². The molecular weight excluding hydrogens is 430 g/mol. The molecule has 1 heterocycles. The molecule has 2 N–H and O–H groups in total. The number of hydrogen-bond acceptors (Lipinski definition) is 4. The number of rotatable bonds is 4. The maximum atomic E-state index is 12.4. The van der Waals surface area contributed by atoms with Crippen LogP contribution in [0.4, 0.5) is 5.69 Å². The summed E-state index contributed by atoms with van der Waals surface area (Å²) < 4.78 is 5.94. The molecule has 168 valence electrons. The molecule has 0 aliphatic heterocycles. The van der Waals surface area contributed by atoms with Gasteiger partial charge in [0.05, 0.1) is 0 Å². The quantitative estimate of drug-likeness (QED) is 0.343. The van der Waals surface area contributed by atoms with Crippen molar-refractivity contribution >= 4 is 40.0 Å². The van der Waals surface area contributed by atoms with E-state index in [4.69, 9.17) is 16.6 Å². The van der Waals surface area contributed by atoms with E-state index in [9.17, 15) is 4.79 Å². The summed E-state index contributed by atoms with van der Waals surface area (Å²) in [7, 11) is 0. The predicted octanol–water partition coefficient (Wildman–Crippen LogP) is 6.48. The minimum Gasteiger partial charge on any atom is -0.436 e. The van der Waals surface area contributed by atoms with Crippen LogP contribution in [0.15, 0.2) is 71.1 Å². The summed E-state index contributed by atoms with van der Waals surface area (Å²) in [5.41, 5.74) is 6.12. The molecular formula is C27H27N3O2S. The van der Waals surface area contributed by atoms with E-state index in [0.717, 1.165) is 17.7 Å². The van der Waals surface area contributed by atoms with Crippen molar-refractivity contribution in [3.8, 4) is 11.5 Å². The summed E-state index contributed by atoms with van der Waals surface area (Å²) in [4.78, 5) is 17.1. The largest absolute Gasteiger partial charge is 0.436 e. The molecule has 0 aliphatic rings. The standard InChI is InChI=1S/C27H27N3O2S/c1-5-17-6-8-18(9-7-17)24(31)30-26(33)28-21-14-15-23-22(16-21)29-25(32-23)19-10-12-20(13-11-19)27(2,3)4/h6-16H,5H2,1-4H3,(H2,28,30,31,33). The van der Waals surface area contributed by atoms with Crippen molar-refractivity contribution in [3.05, 3.63) is 83.4 Å². The third kappa shape index (κ3) is 5.29. The van der Waals surface area contributed by atoms with Crippen molar-refractivity contribution in [2.24, 2.45) is 0 Å². The lowest BCUT2D eigenvalue weighted by Gasteiger charge is -2.18. The Bertz CT molecular complexity index is 1300. The van der Waals surface area contributed by atoms with Gasteiger partial charge in [-0.05, 0) is 77.6 Å². The lowest BCUT2D eigenvalue weighted by molar-refractivity contribution is 0.0977. The summed E-state index contributed by atoms with van der Waals surface area (Å²) in [5.74, 6) is 0.313. The predicted molar refractivity (Wildman–Crippen MR) is 138 cm³/mol. The number of carbonyl (C=O) groups is 1. The second-order valence-corrected chi connectivity index (χ2v) is 9.40. The first kappa shape index (κ1) is 22.7. The summed E-state index contributed by atoms with van der Waals surface area (Å²) in [6, 6.07) is 21.3. The summed E-state index contributed by atoms with van der Waals surface area (Å²) in [5, 5.41) is 5.99. The number of thiocarbonyl (C=S) groups is 1. The zero-order valence-electron chi connectivity index (χ0n) is 19.2. The Labute approximate surface area is 199 Å². The van der Waals surface area contributed by atoms with Crippen LogP contribution in [0.25, 0.3) is 22.6 Å². The third-order valence-corrected chi connectivity index (χ3v) is 5.70. The summed E-state index contributed by atoms with van der Waals surface area (Å²) in [6.45, 7) is 8.63. The number of anilines is 1. The van der Waals surface area contributed by atoms with Crippen LogP contribution in [-0.2, 0) is 11.8 Å². The number of carbonyl (C=O) groups excluding carboxylic acids is 1. The first-order valence-electron chi connectivity index (χ1n) is 11.0. The normalized spacial score (nSPS) is 11.4. The van der Waals surface area contributed by atoms with Gasteiger partial charge >= 0.3 is 0 Å². The molecule has 5 nitrogen and oxygen atoms in total. The molecule has 0 atom stereocenters. The fourth-order valence-corrected chi connectivity index (χ4v) is 3.68. The van der Waals surface area contributed by atoms with Crippen LogP contribution in [-0.4, -0.2) is 16.0 Å². The molecule has 0 fully saturated rings. The van der Waals surface area contributed by atoms with Crippen molar-refractivity contribution in [3.63, 3.8) is 0 Å². The van der Waals surface area contributed by atoms with Gasteiger partial charge in [0.25, 0.3) is 5.91 Å². The Morgan fingerprint density at radius 2 is 1.70 bits per heavy atom. The van der Waals surface area contributed by atoms with Gasteiger partial charge in [0.1, 0.15) is 5.52 Å². The van der Waals surface area contributed by atoms with Gasteiger partial charge in [-0.25, -0.2) is 4.98 Å². The molecule has 6 heteroatoms. The molecule has 4 aromatic rings. The van der Waals surface area contributed by atoms with Crippen LogP contribution in [0.1, 0.15) is 49.2 Å². The maximum Gasteiger partial charge on any atom is 0.257 e. The fraction of sp³-hybridized carbons (Fsp3) is 0.222. The number of oxazole rings is 1. The van der Waals surface area contributed by atoms with Crippen molar-refractivity contribution in [2.45, 2.75) is 39.5 Å². The van der Waals surface area contributed by atoms with Crippen LogP contribution < -0.4 is 10.6 Å². The Kier molecular flexibility index (Phi) is 6.29. The Hall–Kier alpha value is -3.51. The van der Waals surface area contributed by atoms with E-state index < -0.39 is 0 Å². The molecule has 3 aromatic carbocycles. The first-order chi connectivity index (χ1) is 15.7. The number of hydrogen-bond donors (Lipinski definition) is 2. The molecule has 1 aromatic heterocycles. The highest BCUT2D eigenvalue weighted by Gasteiger charge is 2.15. The zero-order valence-corrected chi connectivity index (χ0v) is 20.0. The number of amides is 1. The second kappa shape index (κ2) is 9.16. The highest BCUT2D eigenvalue weighted by molar-refractivity contribution is 7.80. The summed E-state index contributed by atoms with van der Waals surface area (Å²) >= 11 is 5.32. The minimum atomic E-state index is -0.251. The fourth-order valence-electron chi connectivity index (χ4n) is 3.47. The van der Waals surface area contributed by atoms with Gasteiger partial charge in [0.15, 0.2) is 10.7 Å². The van der Waals surface area contributed by atoms with Gasteiger partial charge in [-0.2, -0.15) is 0 Å². The lowest BCUT2D eigenvalue weighted by atomic mass is 9.87. The van der Waals surface area contributed by atoms with E-state index in [1.165, 1.54) is 11.1 Å². The average Bonchev–Trinajstić information content (AvgIpc) is 3.22. The number of benzene rings is 3. The van der Waals surface area contributed by atoms with E-state index in [0.29, 0.717) is 22.6 Å². The molecule has 0 unspecified atom stereocenters. The van der Waals surface area contributed by atoms with Crippen molar-refractivity contribution in [1.82, 2.24) is 10.3 Å². The van der Waals surface area contributed by atoms with Gasteiger partial charge < -0.3 is 9.73 Å². The summed E-state index contributed by atoms with van der Waals surface area (Å²) in [6.07, 6.45) is 0.927. The van der Waals surface area contributed by atoms with Gasteiger partial charge in [-0.15, -0.1) is 0 Å². The average molecular weight is 458 g/mol. The van der Waals surface area contributed by atoms with Crippen LogP contribution >= 0.6 is 12.2 Å². The van der Waals surface area contributed by atoms with E-state index in [1.54, 1.807) is 12.1 Å². The smallest absolute Gasteiger partial charge is 0.257 e. The van der Waals surface area contributed by atoms with Gasteiger partial charge in [-0.1, -0.05) is 52.0 Å². The molecule has 0 spiro atoms. The number of aryl methyl sites for hydroxylation is 1. The first-order valence-corrected chi connectivity index (χ1v) is 11.4. The lowest BCUT2D eigenvalue weighted by Crippen LogP contribution is -2.34. The molecule has 4 rings (SSSR count). The van der Waals surface area contributed by atoms with Crippen molar-refractivity contribution in [1.29, 1.82) is 0 Å². The molecule has 0 radical (unpaired) electrons. The van der Waals surface area contributed by atoms with Crippen molar-refractivity contribution < 1.29 is 9.21 Å². The van der Waals surface area contributed by atoms with E-state index >= 15 is 0 Å². The van der Waals surface area contributed by atoms with E-state index in [-0.39, 0.29) is 16.4 Å². The Balaban J connectivity index is 1.45. The number of nitrogens with zero attached hydrogens (tertiary/aromatic N) is 1. The van der Waals surface area contributed by atoms with E-state index in [2.05, 4.69) is 55.4 Å². The van der Waals surface area contributed by atoms with Gasteiger partial charge in [-0.3, -0.25) is 10.1 Å². The van der Waals surface area contributed by atoms with Crippen LogP contribution in [0, 0.1) is 0 Å². The molecule has 0 aliphatic carbocycles. The third-order valence-electron chi connectivity index (χ3n) is 5.49. The SMILES string of the molecule is CCc1ccc(C(=O)NC(=S)Nc2ccc3oc(-c4ccc(C(C)(C)C)cc4)nc3c2)cc1. The molecule has 1 amide bonds. The molecule has 0 saturated carbocycles. The second-order valence-electron chi connectivity index (χ2n) is 8.99. The van der Waals surface area contributed by atoms with Crippen LogP contribution in [0.3, 0.4) is 0 Å². The van der Waals surface area contributed by atoms with Crippen molar-refractivity contribution in [2.75, 3.05) is 5.32 Å². The number of fused-ring (bicyclic) bond motifs is 1.